The first-order valence-electron chi connectivity index (χ1n) is 10.0. The summed E-state index contributed by atoms with van der Waals surface area (Å²) in [5.74, 6) is 1.09. The summed E-state index contributed by atoms with van der Waals surface area (Å²) < 4.78 is 7.02. The molecule has 0 unspecified atom stereocenters. The fraction of sp³-hybridized carbons (Fsp3) is 0.429. The van der Waals surface area contributed by atoms with E-state index in [0.29, 0.717) is 22.8 Å². The first-order valence-corrected chi connectivity index (χ1v) is 10.9. The van der Waals surface area contributed by atoms with Gasteiger partial charge >= 0.3 is 0 Å². The molecule has 1 fully saturated rings. The normalized spacial score (nSPS) is 16.6. The monoisotopic (exact) mass is 427 g/mol. The number of thiazole rings is 1. The highest BCUT2D eigenvalue weighted by atomic mass is 32.1. The minimum Gasteiger partial charge on any atom is -0.497 e. The maximum absolute atomic E-state index is 12.9. The summed E-state index contributed by atoms with van der Waals surface area (Å²) in [5.41, 5.74) is 1.14. The van der Waals surface area contributed by atoms with E-state index in [1.807, 2.05) is 24.3 Å². The van der Waals surface area contributed by atoms with Crippen LogP contribution >= 0.6 is 11.3 Å². The number of nitrogens with zero attached hydrogens (tertiary/aromatic N) is 4. The van der Waals surface area contributed by atoms with Crippen molar-refractivity contribution in [3.8, 4) is 5.75 Å². The molecule has 1 aliphatic heterocycles. The van der Waals surface area contributed by atoms with E-state index in [1.54, 1.807) is 7.11 Å². The number of aromatic nitrogens is 3. The number of amides is 1. The SMILES string of the molecule is COc1cccc(CNC(=O)Cn2cnc3nc(N4CCC[C@H](C)C4)sc3c2=O)c1. The van der Waals surface area contributed by atoms with Crippen LogP contribution < -0.4 is 20.5 Å². The number of fused-ring (bicyclic) bond motifs is 1. The lowest BCUT2D eigenvalue weighted by molar-refractivity contribution is -0.121. The average molecular weight is 428 g/mol. The number of piperidine rings is 1. The number of hydrogen-bond acceptors (Lipinski definition) is 7. The largest absolute Gasteiger partial charge is 0.497 e. The molecule has 158 valence electrons. The lowest BCUT2D eigenvalue weighted by atomic mass is 10.0. The Labute approximate surface area is 178 Å². The van der Waals surface area contributed by atoms with Crippen molar-refractivity contribution in [3.63, 3.8) is 0 Å². The zero-order chi connectivity index (χ0) is 21.1. The fourth-order valence-electron chi connectivity index (χ4n) is 3.64. The van der Waals surface area contributed by atoms with Crippen molar-refractivity contribution < 1.29 is 9.53 Å². The molecular formula is C21H25N5O3S. The second-order valence-corrected chi connectivity index (χ2v) is 8.63. The molecule has 1 aliphatic rings. The molecule has 1 saturated heterocycles. The minimum atomic E-state index is -0.254. The van der Waals surface area contributed by atoms with E-state index in [1.165, 1.54) is 28.7 Å². The van der Waals surface area contributed by atoms with E-state index in [9.17, 15) is 9.59 Å². The number of carbonyl (C=O) groups excluding carboxylic acids is 1. The van der Waals surface area contributed by atoms with Gasteiger partial charge in [0.05, 0.1) is 7.11 Å². The molecule has 0 radical (unpaired) electrons. The first kappa shape index (κ1) is 20.3. The van der Waals surface area contributed by atoms with Gasteiger partial charge in [-0.15, -0.1) is 0 Å². The highest BCUT2D eigenvalue weighted by molar-refractivity contribution is 7.22. The summed E-state index contributed by atoms with van der Waals surface area (Å²) in [6.45, 7) is 4.40. The third kappa shape index (κ3) is 4.46. The van der Waals surface area contributed by atoms with Crippen LogP contribution in [0.2, 0.25) is 0 Å². The lowest BCUT2D eigenvalue weighted by Gasteiger charge is -2.30. The molecule has 4 rings (SSSR count). The summed E-state index contributed by atoms with van der Waals surface area (Å²) in [6.07, 6.45) is 3.75. The molecule has 8 nitrogen and oxygen atoms in total. The minimum absolute atomic E-state index is 0.0836. The number of rotatable bonds is 6. The molecule has 1 N–H and O–H groups in total. The predicted octanol–water partition coefficient (Wildman–Crippen LogP) is 2.41. The molecule has 3 heterocycles. The Morgan fingerprint density at radius 3 is 3.07 bits per heavy atom. The van der Waals surface area contributed by atoms with Gasteiger partial charge in [-0.2, -0.15) is 4.98 Å². The van der Waals surface area contributed by atoms with Crippen LogP contribution in [-0.2, 0) is 17.9 Å². The smallest absolute Gasteiger partial charge is 0.273 e. The Morgan fingerprint density at radius 1 is 1.40 bits per heavy atom. The van der Waals surface area contributed by atoms with Gasteiger partial charge in [0.2, 0.25) is 5.91 Å². The molecule has 9 heteroatoms. The summed E-state index contributed by atoms with van der Waals surface area (Å²) in [6, 6.07) is 7.48. The van der Waals surface area contributed by atoms with Crippen LogP contribution in [0.25, 0.3) is 10.3 Å². The van der Waals surface area contributed by atoms with Crippen molar-refractivity contribution in [2.24, 2.45) is 5.92 Å². The van der Waals surface area contributed by atoms with Crippen molar-refractivity contribution in [1.29, 1.82) is 0 Å². The summed E-state index contributed by atoms with van der Waals surface area (Å²) >= 11 is 1.36. The van der Waals surface area contributed by atoms with E-state index in [-0.39, 0.29) is 18.0 Å². The van der Waals surface area contributed by atoms with Crippen LogP contribution in [0.4, 0.5) is 5.13 Å². The van der Waals surface area contributed by atoms with Crippen LogP contribution in [0.1, 0.15) is 25.3 Å². The van der Waals surface area contributed by atoms with Crippen LogP contribution in [0.3, 0.4) is 0 Å². The first-order chi connectivity index (χ1) is 14.5. The number of anilines is 1. The molecule has 0 bridgehead atoms. The van der Waals surface area contributed by atoms with E-state index in [2.05, 4.69) is 27.1 Å². The van der Waals surface area contributed by atoms with E-state index < -0.39 is 0 Å². The van der Waals surface area contributed by atoms with E-state index in [0.717, 1.165) is 36.0 Å². The highest BCUT2D eigenvalue weighted by Crippen LogP contribution is 2.29. The van der Waals surface area contributed by atoms with Gasteiger partial charge in [0.25, 0.3) is 5.56 Å². The Hall–Kier alpha value is -2.94. The van der Waals surface area contributed by atoms with E-state index >= 15 is 0 Å². The van der Waals surface area contributed by atoms with Crippen molar-refractivity contribution in [2.45, 2.75) is 32.9 Å². The average Bonchev–Trinajstić information content (AvgIpc) is 3.20. The van der Waals surface area contributed by atoms with Gasteiger partial charge < -0.3 is 15.0 Å². The van der Waals surface area contributed by atoms with Gasteiger partial charge in [0.15, 0.2) is 10.8 Å². The number of methoxy groups -OCH3 is 1. The third-order valence-electron chi connectivity index (χ3n) is 5.24. The third-order valence-corrected chi connectivity index (χ3v) is 6.33. The molecule has 30 heavy (non-hydrogen) atoms. The molecular weight excluding hydrogens is 402 g/mol. The van der Waals surface area contributed by atoms with Gasteiger partial charge in [-0.3, -0.25) is 14.2 Å². The number of ether oxygens (including phenoxy) is 1. The van der Waals surface area contributed by atoms with Crippen molar-refractivity contribution >= 4 is 32.7 Å². The summed E-state index contributed by atoms with van der Waals surface area (Å²) in [7, 11) is 1.60. The molecule has 0 spiro atoms. The number of hydrogen-bond donors (Lipinski definition) is 1. The Kier molecular flexibility index (Phi) is 5.98. The van der Waals surface area contributed by atoms with E-state index in [4.69, 9.17) is 4.74 Å². The highest BCUT2D eigenvalue weighted by Gasteiger charge is 2.21. The molecule has 1 atom stereocenters. The fourth-order valence-corrected chi connectivity index (χ4v) is 4.64. The van der Waals surface area contributed by atoms with Crippen LogP contribution in [0.15, 0.2) is 35.4 Å². The van der Waals surface area contributed by atoms with Gasteiger partial charge in [-0.1, -0.05) is 30.4 Å². The molecule has 2 aromatic heterocycles. The summed E-state index contributed by atoms with van der Waals surface area (Å²) in [4.78, 5) is 36.3. The maximum Gasteiger partial charge on any atom is 0.273 e. The zero-order valence-electron chi connectivity index (χ0n) is 17.1. The molecule has 0 aliphatic carbocycles. The molecule has 1 amide bonds. The Morgan fingerprint density at radius 2 is 2.27 bits per heavy atom. The van der Waals surface area contributed by atoms with Crippen molar-refractivity contribution in [1.82, 2.24) is 19.9 Å². The number of carbonyl (C=O) groups is 1. The van der Waals surface area contributed by atoms with Crippen LogP contribution in [0, 0.1) is 5.92 Å². The van der Waals surface area contributed by atoms with Gasteiger partial charge in [0, 0.05) is 19.6 Å². The van der Waals surface area contributed by atoms with Crippen LogP contribution in [-0.4, -0.2) is 40.6 Å². The Balaban J connectivity index is 1.45. The second-order valence-electron chi connectivity index (χ2n) is 7.65. The molecule has 3 aromatic rings. The number of benzene rings is 1. The van der Waals surface area contributed by atoms with Crippen molar-refractivity contribution in [3.05, 3.63) is 46.5 Å². The van der Waals surface area contributed by atoms with Gasteiger partial charge in [0.1, 0.15) is 23.3 Å². The lowest BCUT2D eigenvalue weighted by Crippen LogP contribution is -2.34. The summed E-state index contributed by atoms with van der Waals surface area (Å²) in [5, 5.41) is 3.67. The standard InChI is InChI=1S/C21H25N5O3S/c1-14-5-4-8-25(11-14)21-24-19-18(30-21)20(28)26(13-23-19)12-17(27)22-10-15-6-3-7-16(9-15)29-2/h3,6-7,9,13-14H,4-5,8,10-12H2,1-2H3,(H,22,27)/t14-/m0/s1. The van der Waals surface area contributed by atoms with Crippen molar-refractivity contribution in [2.75, 3.05) is 25.1 Å². The molecule has 0 saturated carbocycles. The predicted molar refractivity (Wildman–Crippen MR) is 117 cm³/mol. The van der Waals surface area contributed by atoms with Gasteiger partial charge in [-0.25, -0.2) is 4.98 Å². The zero-order valence-corrected chi connectivity index (χ0v) is 17.9. The second kappa shape index (κ2) is 8.83. The quantitative estimate of drug-likeness (QED) is 0.650. The number of nitrogens with one attached hydrogen (secondary N) is 1. The molecule has 1 aromatic carbocycles. The maximum atomic E-state index is 12.9. The topological polar surface area (TPSA) is 89.3 Å². The van der Waals surface area contributed by atoms with Crippen LogP contribution in [0.5, 0.6) is 5.75 Å². The van der Waals surface area contributed by atoms with Gasteiger partial charge in [-0.05, 0) is 36.5 Å². The Bertz CT molecular complexity index is 1110.